The van der Waals surface area contributed by atoms with Crippen LogP contribution >= 0.6 is 0 Å². The van der Waals surface area contributed by atoms with Crippen LogP contribution in [0, 0.1) is 0 Å². The van der Waals surface area contributed by atoms with Crippen LogP contribution in [0.2, 0.25) is 0 Å². The lowest BCUT2D eigenvalue weighted by Crippen LogP contribution is -2.54. The van der Waals surface area contributed by atoms with E-state index in [2.05, 4.69) is 0 Å². The monoisotopic (exact) mass is 366 g/mol. The smallest absolute Gasteiger partial charge is 0.255 e. The molecule has 0 unspecified atom stereocenters. The first-order valence-corrected chi connectivity index (χ1v) is 10.6. The highest BCUT2D eigenvalue weighted by atomic mass is 32.2. The van der Waals surface area contributed by atoms with Gasteiger partial charge in [-0.05, 0) is 24.0 Å². The molecule has 0 bridgehead atoms. The molecule has 1 aromatic rings. The topological polar surface area (TPSA) is 77.9 Å². The number of carbonyl (C=O) groups is 1. The largest absolute Gasteiger partial charge is 0.379 e. The Kier molecular flexibility index (Phi) is 4.92. The molecule has 0 radical (unpaired) electrons. The number of nitrogens with zero attached hydrogens (tertiary/aromatic N) is 2. The molecule has 25 heavy (non-hydrogen) atoms. The van der Waals surface area contributed by atoms with Crippen molar-refractivity contribution < 1.29 is 18.3 Å². The molecule has 1 N–H and O–H groups in total. The summed E-state index contributed by atoms with van der Waals surface area (Å²) in [4.78, 5) is 14.6. The maximum absolute atomic E-state index is 12.9. The third kappa shape index (κ3) is 3.59. The van der Waals surface area contributed by atoms with Gasteiger partial charge in [0.15, 0.2) is 5.60 Å². The lowest BCUT2D eigenvalue weighted by Gasteiger charge is -2.39. The summed E-state index contributed by atoms with van der Waals surface area (Å²) in [6, 6.07) is 7.69. The van der Waals surface area contributed by atoms with Crippen molar-refractivity contribution in [3.63, 3.8) is 0 Å². The van der Waals surface area contributed by atoms with E-state index in [4.69, 9.17) is 0 Å². The molecule has 1 aliphatic carbocycles. The average molecular weight is 366 g/mol. The minimum atomic E-state index is -3.24. The zero-order valence-corrected chi connectivity index (χ0v) is 15.6. The van der Waals surface area contributed by atoms with Gasteiger partial charge in [-0.1, -0.05) is 31.2 Å². The molecule has 0 atom stereocenters. The number of fused-ring (bicyclic) bond motifs is 1. The van der Waals surface area contributed by atoms with Crippen LogP contribution in [0.5, 0.6) is 0 Å². The summed E-state index contributed by atoms with van der Waals surface area (Å²) in [5, 5.41) is 10.9. The van der Waals surface area contributed by atoms with Crippen LogP contribution < -0.4 is 0 Å². The number of piperidine rings is 1. The molecular formula is C18H26N2O4S. The summed E-state index contributed by atoms with van der Waals surface area (Å²) in [6.45, 7) is 3.23. The van der Waals surface area contributed by atoms with E-state index >= 15 is 0 Å². The Labute approximate surface area is 149 Å². The molecule has 6 nitrogen and oxygen atoms in total. The maximum Gasteiger partial charge on any atom is 0.255 e. The van der Waals surface area contributed by atoms with E-state index in [1.165, 1.54) is 10.6 Å². The van der Waals surface area contributed by atoms with Gasteiger partial charge in [0.25, 0.3) is 5.91 Å². The van der Waals surface area contributed by atoms with Crippen LogP contribution in [0.4, 0.5) is 0 Å². The Bertz CT molecular complexity index is 729. The Morgan fingerprint density at radius 3 is 2.20 bits per heavy atom. The molecule has 138 valence electrons. The number of carbonyl (C=O) groups excluding carboxylic acids is 1. The predicted octanol–water partition coefficient (Wildman–Crippen LogP) is 0.789. The van der Waals surface area contributed by atoms with E-state index in [9.17, 15) is 18.3 Å². The van der Waals surface area contributed by atoms with Gasteiger partial charge < -0.3 is 10.0 Å². The zero-order chi connectivity index (χ0) is 18.2. The fourth-order valence-corrected chi connectivity index (χ4v) is 5.38. The SMILES string of the molecule is CCN(C1CCN(C(=O)C2(O)Cc3ccccc3C2)CC1)S(C)(=O)=O. The maximum atomic E-state index is 12.9. The highest BCUT2D eigenvalue weighted by Crippen LogP contribution is 2.32. The predicted molar refractivity (Wildman–Crippen MR) is 95.6 cm³/mol. The molecule has 0 spiro atoms. The van der Waals surface area contributed by atoms with Crippen LogP contribution in [0.1, 0.15) is 30.9 Å². The number of likely N-dealkylation sites (tertiary alicyclic amines) is 1. The third-order valence-electron chi connectivity index (χ3n) is 5.38. The molecule has 1 aromatic carbocycles. The summed E-state index contributed by atoms with van der Waals surface area (Å²) in [7, 11) is -3.24. The first-order chi connectivity index (χ1) is 11.7. The van der Waals surface area contributed by atoms with Crippen LogP contribution in [0.15, 0.2) is 24.3 Å². The van der Waals surface area contributed by atoms with Crippen LogP contribution in [0.25, 0.3) is 0 Å². The number of aliphatic hydroxyl groups is 1. The number of rotatable bonds is 4. The van der Waals surface area contributed by atoms with E-state index < -0.39 is 15.6 Å². The normalized spacial score (nSPS) is 20.7. The van der Waals surface area contributed by atoms with E-state index in [0.717, 1.165) is 11.1 Å². The van der Waals surface area contributed by atoms with Crippen molar-refractivity contribution >= 4 is 15.9 Å². The molecule has 1 fully saturated rings. The Morgan fingerprint density at radius 1 is 1.24 bits per heavy atom. The summed E-state index contributed by atoms with van der Waals surface area (Å²) in [5.41, 5.74) is 0.697. The minimum Gasteiger partial charge on any atom is -0.379 e. The van der Waals surface area contributed by atoms with Crippen LogP contribution in [-0.2, 0) is 27.7 Å². The molecule has 1 aliphatic heterocycles. The van der Waals surface area contributed by atoms with Crippen LogP contribution in [0.3, 0.4) is 0 Å². The number of benzene rings is 1. The van der Waals surface area contributed by atoms with Gasteiger partial charge in [0, 0.05) is 38.5 Å². The number of hydrogen-bond donors (Lipinski definition) is 1. The summed E-state index contributed by atoms with van der Waals surface area (Å²) in [5.74, 6) is -0.232. The van der Waals surface area contributed by atoms with Gasteiger partial charge in [-0.25, -0.2) is 8.42 Å². The van der Waals surface area contributed by atoms with E-state index in [0.29, 0.717) is 45.3 Å². The van der Waals surface area contributed by atoms with Gasteiger partial charge in [-0.2, -0.15) is 4.31 Å². The first kappa shape index (κ1) is 18.4. The standard InChI is InChI=1S/C18H26N2O4S/c1-3-20(25(2,23)24)16-8-10-19(11-9-16)17(21)18(22)12-14-6-4-5-7-15(14)13-18/h4-7,16,22H,3,8-13H2,1-2H3. The molecule has 1 heterocycles. The van der Waals surface area contributed by atoms with Crippen molar-refractivity contribution in [3.8, 4) is 0 Å². The number of sulfonamides is 1. The molecule has 3 rings (SSSR count). The van der Waals surface area contributed by atoms with E-state index in [1.807, 2.05) is 31.2 Å². The first-order valence-electron chi connectivity index (χ1n) is 8.80. The van der Waals surface area contributed by atoms with Crippen molar-refractivity contribution in [2.24, 2.45) is 0 Å². The molecule has 0 saturated carbocycles. The van der Waals surface area contributed by atoms with Gasteiger partial charge in [-0.15, -0.1) is 0 Å². The van der Waals surface area contributed by atoms with Crippen molar-refractivity contribution in [3.05, 3.63) is 35.4 Å². The van der Waals surface area contributed by atoms with Crippen molar-refractivity contribution in [1.82, 2.24) is 9.21 Å². The van der Waals surface area contributed by atoms with Gasteiger partial charge in [0.1, 0.15) is 0 Å². The summed E-state index contributed by atoms with van der Waals surface area (Å²) in [6.07, 6.45) is 3.15. The molecule has 0 aromatic heterocycles. The Hall–Kier alpha value is -1.44. The Balaban J connectivity index is 1.65. The minimum absolute atomic E-state index is 0.0699. The molecule has 2 aliphatic rings. The Morgan fingerprint density at radius 2 is 1.76 bits per heavy atom. The second-order valence-electron chi connectivity index (χ2n) is 7.14. The quantitative estimate of drug-likeness (QED) is 0.855. The van der Waals surface area contributed by atoms with E-state index in [1.54, 1.807) is 4.90 Å². The summed E-state index contributed by atoms with van der Waals surface area (Å²) < 4.78 is 25.2. The lowest BCUT2D eigenvalue weighted by atomic mass is 9.96. The van der Waals surface area contributed by atoms with Crippen LogP contribution in [-0.4, -0.2) is 66.2 Å². The second kappa shape index (κ2) is 6.70. The molecule has 7 heteroatoms. The molecule has 1 amide bonds. The van der Waals surface area contributed by atoms with Gasteiger partial charge >= 0.3 is 0 Å². The van der Waals surface area contributed by atoms with Gasteiger partial charge in [-0.3, -0.25) is 4.79 Å². The lowest BCUT2D eigenvalue weighted by molar-refractivity contribution is -0.151. The number of hydrogen-bond acceptors (Lipinski definition) is 4. The van der Waals surface area contributed by atoms with Crippen molar-refractivity contribution in [2.75, 3.05) is 25.9 Å². The zero-order valence-electron chi connectivity index (χ0n) is 14.8. The van der Waals surface area contributed by atoms with Gasteiger partial charge in [0.2, 0.25) is 10.0 Å². The highest BCUT2D eigenvalue weighted by Gasteiger charge is 2.45. The van der Waals surface area contributed by atoms with E-state index in [-0.39, 0.29) is 11.9 Å². The summed E-state index contributed by atoms with van der Waals surface area (Å²) >= 11 is 0. The highest BCUT2D eigenvalue weighted by molar-refractivity contribution is 7.88. The fraction of sp³-hybridized carbons (Fsp3) is 0.611. The molecular weight excluding hydrogens is 340 g/mol. The molecule has 1 saturated heterocycles. The van der Waals surface area contributed by atoms with Gasteiger partial charge in [0.05, 0.1) is 6.26 Å². The fourth-order valence-electron chi connectivity index (χ4n) is 4.16. The second-order valence-corrected chi connectivity index (χ2v) is 9.08. The van der Waals surface area contributed by atoms with Crippen molar-refractivity contribution in [1.29, 1.82) is 0 Å². The third-order valence-corrected chi connectivity index (χ3v) is 6.79. The van der Waals surface area contributed by atoms with Crippen molar-refractivity contribution in [2.45, 2.75) is 44.2 Å². The average Bonchev–Trinajstić information content (AvgIpc) is 2.91. The number of amides is 1.